The summed E-state index contributed by atoms with van der Waals surface area (Å²) in [5, 5.41) is 15.8. The van der Waals surface area contributed by atoms with Crippen molar-refractivity contribution >= 4 is 34.6 Å². The lowest BCUT2D eigenvalue weighted by molar-refractivity contribution is -0.119. The van der Waals surface area contributed by atoms with Crippen LogP contribution in [0, 0.1) is 5.92 Å². The van der Waals surface area contributed by atoms with Crippen molar-refractivity contribution in [2.75, 3.05) is 16.1 Å². The number of tetrazole rings is 1. The standard InChI is InChI=1S/C22H24N6O3S/c1-16(29)27(14-19-11-7-4-8-12-19)28-25-22(24-26-28)23-21(31)20(15-32-17(2)30)13-18-9-5-3-6-10-18/h3-12,20H,13-15H2,1-2H3,(H,23,25,31)/t20-/m1/s1. The highest BCUT2D eigenvalue weighted by molar-refractivity contribution is 8.13. The van der Waals surface area contributed by atoms with Gasteiger partial charge in [0.2, 0.25) is 11.8 Å². The van der Waals surface area contributed by atoms with Gasteiger partial charge in [0, 0.05) is 19.6 Å². The Morgan fingerprint density at radius 2 is 1.62 bits per heavy atom. The average molecular weight is 453 g/mol. The zero-order valence-corrected chi connectivity index (χ0v) is 18.7. The van der Waals surface area contributed by atoms with E-state index in [2.05, 4.69) is 20.7 Å². The molecule has 2 amide bonds. The molecule has 0 unspecified atom stereocenters. The summed E-state index contributed by atoms with van der Waals surface area (Å²) in [5.41, 5.74) is 1.88. The first-order valence-corrected chi connectivity index (χ1v) is 11.0. The fraction of sp³-hybridized carbons (Fsp3) is 0.273. The highest BCUT2D eigenvalue weighted by Gasteiger charge is 2.23. The second-order valence-electron chi connectivity index (χ2n) is 7.12. The molecule has 1 aromatic heterocycles. The molecule has 9 nitrogen and oxygen atoms in total. The number of thioether (sulfide) groups is 1. The van der Waals surface area contributed by atoms with Crippen LogP contribution in [0.1, 0.15) is 25.0 Å². The van der Waals surface area contributed by atoms with Crippen LogP contribution in [0.25, 0.3) is 0 Å². The minimum atomic E-state index is -0.466. The summed E-state index contributed by atoms with van der Waals surface area (Å²) in [5.74, 6) is -0.743. The molecule has 0 saturated carbocycles. The molecule has 0 aliphatic carbocycles. The monoisotopic (exact) mass is 452 g/mol. The lowest BCUT2D eigenvalue weighted by Crippen LogP contribution is -2.40. The molecule has 166 valence electrons. The van der Waals surface area contributed by atoms with Gasteiger partial charge in [-0.25, -0.2) is 5.01 Å². The minimum Gasteiger partial charge on any atom is -0.292 e. The first-order valence-electron chi connectivity index (χ1n) is 10.0. The van der Waals surface area contributed by atoms with Gasteiger partial charge in [-0.1, -0.05) is 87.5 Å². The molecule has 0 aliphatic heterocycles. The molecular weight excluding hydrogens is 428 g/mol. The van der Waals surface area contributed by atoms with Crippen LogP contribution in [0.3, 0.4) is 0 Å². The number of benzene rings is 2. The number of nitrogens with one attached hydrogen (secondary N) is 1. The smallest absolute Gasteiger partial charge is 0.272 e. The molecule has 1 atom stereocenters. The van der Waals surface area contributed by atoms with Gasteiger partial charge in [0.25, 0.3) is 5.95 Å². The fourth-order valence-electron chi connectivity index (χ4n) is 2.97. The highest BCUT2D eigenvalue weighted by Crippen LogP contribution is 2.17. The quantitative estimate of drug-likeness (QED) is 0.531. The van der Waals surface area contributed by atoms with Crippen LogP contribution in [0.4, 0.5) is 5.95 Å². The van der Waals surface area contributed by atoms with Crippen LogP contribution in [0.5, 0.6) is 0 Å². The third-order valence-corrected chi connectivity index (χ3v) is 5.55. The summed E-state index contributed by atoms with van der Waals surface area (Å²) >= 11 is 1.10. The average Bonchev–Trinajstić information content (AvgIpc) is 3.24. The van der Waals surface area contributed by atoms with Crippen LogP contribution in [0.15, 0.2) is 60.7 Å². The Labute approximate surface area is 190 Å². The van der Waals surface area contributed by atoms with Crippen molar-refractivity contribution in [3.05, 3.63) is 71.8 Å². The summed E-state index contributed by atoms with van der Waals surface area (Å²) in [4.78, 5) is 37.5. The van der Waals surface area contributed by atoms with Crippen LogP contribution < -0.4 is 10.3 Å². The highest BCUT2D eigenvalue weighted by atomic mass is 32.2. The summed E-state index contributed by atoms with van der Waals surface area (Å²) in [6.07, 6.45) is 0.467. The Morgan fingerprint density at radius 3 is 2.22 bits per heavy atom. The molecule has 2 aromatic carbocycles. The maximum Gasteiger partial charge on any atom is 0.272 e. The van der Waals surface area contributed by atoms with Gasteiger partial charge in [-0.2, -0.15) is 0 Å². The largest absolute Gasteiger partial charge is 0.292 e. The first kappa shape index (κ1) is 23.1. The van der Waals surface area contributed by atoms with E-state index < -0.39 is 5.92 Å². The number of carbonyl (C=O) groups excluding carboxylic acids is 3. The van der Waals surface area contributed by atoms with Crippen LogP contribution in [-0.2, 0) is 27.3 Å². The van der Waals surface area contributed by atoms with Crippen molar-refractivity contribution in [3.8, 4) is 0 Å². The summed E-state index contributed by atoms with van der Waals surface area (Å²) in [6, 6.07) is 19.0. The number of rotatable bonds is 9. The number of aromatic nitrogens is 4. The van der Waals surface area contributed by atoms with Crippen LogP contribution in [-0.4, -0.2) is 43.0 Å². The number of hydrogen-bond donors (Lipinski definition) is 1. The van der Waals surface area contributed by atoms with Gasteiger partial charge in [0.1, 0.15) is 0 Å². The molecule has 32 heavy (non-hydrogen) atoms. The molecule has 1 heterocycles. The second kappa shape index (κ2) is 11.2. The summed E-state index contributed by atoms with van der Waals surface area (Å²) < 4.78 is 0. The molecule has 1 N–H and O–H groups in total. The lowest BCUT2D eigenvalue weighted by atomic mass is 10.0. The molecule has 3 aromatic rings. The first-order chi connectivity index (χ1) is 15.4. The van der Waals surface area contributed by atoms with E-state index in [9.17, 15) is 14.4 Å². The third-order valence-electron chi connectivity index (χ3n) is 4.58. The van der Waals surface area contributed by atoms with E-state index in [4.69, 9.17) is 0 Å². The maximum absolute atomic E-state index is 12.9. The number of anilines is 1. The van der Waals surface area contributed by atoms with E-state index in [1.807, 2.05) is 60.7 Å². The van der Waals surface area contributed by atoms with Gasteiger partial charge in [-0.05, 0) is 22.8 Å². The van der Waals surface area contributed by atoms with Crippen molar-refractivity contribution < 1.29 is 14.4 Å². The van der Waals surface area contributed by atoms with Crippen LogP contribution in [0.2, 0.25) is 0 Å². The van der Waals surface area contributed by atoms with Crippen molar-refractivity contribution in [3.63, 3.8) is 0 Å². The SMILES string of the molecule is CC(=O)SC[C@@H](Cc1ccccc1)C(=O)Nc1nnn(N(Cc2ccccc2)C(C)=O)n1. The molecule has 0 aliphatic rings. The zero-order valence-electron chi connectivity index (χ0n) is 17.8. The van der Waals surface area contributed by atoms with Gasteiger partial charge in [0.15, 0.2) is 5.12 Å². The van der Waals surface area contributed by atoms with Crippen molar-refractivity contribution in [1.82, 2.24) is 20.3 Å². The van der Waals surface area contributed by atoms with E-state index >= 15 is 0 Å². The Hall–Kier alpha value is -3.53. The summed E-state index contributed by atoms with van der Waals surface area (Å²) in [6.45, 7) is 3.13. The van der Waals surface area contributed by atoms with Gasteiger partial charge < -0.3 is 0 Å². The Kier molecular flexibility index (Phi) is 8.09. The molecule has 0 spiro atoms. The van der Waals surface area contributed by atoms with Gasteiger partial charge in [0.05, 0.1) is 12.5 Å². The lowest BCUT2D eigenvalue weighted by Gasteiger charge is -2.18. The number of hydrogen-bond acceptors (Lipinski definition) is 7. The molecular formula is C22H24N6O3S. The Bertz CT molecular complexity index is 1060. The molecule has 10 heteroatoms. The zero-order chi connectivity index (χ0) is 22.9. The van der Waals surface area contributed by atoms with E-state index in [0.29, 0.717) is 12.2 Å². The van der Waals surface area contributed by atoms with E-state index in [1.165, 1.54) is 18.9 Å². The predicted octanol–water partition coefficient (Wildman–Crippen LogP) is 2.43. The molecule has 0 radical (unpaired) electrons. The number of nitrogens with zero attached hydrogens (tertiary/aromatic N) is 5. The normalized spacial score (nSPS) is 11.6. The topological polar surface area (TPSA) is 110 Å². The molecule has 0 saturated heterocycles. The fourth-order valence-corrected chi connectivity index (χ4v) is 3.68. The summed E-state index contributed by atoms with van der Waals surface area (Å²) in [7, 11) is 0. The van der Waals surface area contributed by atoms with E-state index in [-0.39, 0.29) is 29.4 Å². The number of amides is 2. The van der Waals surface area contributed by atoms with Gasteiger partial charge in [-0.3, -0.25) is 19.7 Å². The van der Waals surface area contributed by atoms with Crippen LogP contribution >= 0.6 is 11.8 Å². The molecule has 3 rings (SSSR count). The molecule has 0 fully saturated rings. The third kappa shape index (κ3) is 6.74. The van der Waals surface area contributed by atoms with E-state index in [1.54, 1.807) is 0 Å². The second-order valence-corrected chi connectivity index (χ2v) is 8.32. The van der Waals surface area contributed by atoms with Crippen molar-refractivity contribution in [2.24, 2.45) is 5.92 Å². The molecule has 0 bridgehead atoms. The van der Waals surface area contributed by atoms with E-state index in [0.717, 1.165) is 27.8 Å². The van der Waals surface area contributed by atoms with Crippen molar-refractivity contribution in [1.29, 1.82) is 0 Å². The predicted molar refractivity (Wildman–Crippen MR) is 122 cm³/mol. The Morgan fingerprint density at radius 1 is 1.00 bits per heavy atom. The van der Waals surface area contributed by atoms with Crippen molar-refractivity contribution in [2.45, 2.75) is 26.8 Å². The Balaban J connectivity index is 1.71. The maximum atomic E-state index is 12.9. The van der Waals surface area contributed by atoms with Gasteiger partial charge >= 0.3 is 0 Å². The minimum absolute atomic E-state index is 0.0137. The van der Waals surface area contributed by atoms with Gasteiger partial charge in [-0.15, -0.1) is 0 Å². The number of carbonyl (C=O) groups is 3.